The van der Waals surface area contributed by atoms with E-state index in [2.05, 4.69) is 15.1 Å². The molecule has 0 amide bonds. The van der Waals surface area contributed by atoms with Crippen LogP contribution in [0.15, 0.2) is 36.5 Å². The van der Waals surface area contributed by atoms with E-state index in [0.29, 0.717) is 42.3 Å². The average Bonchev–Trinajstić information content (AvgIpc) is 3.29. The van der Waals surface area contributed by atoms with Gasteiger partial charge in [-0.05, 0) is 25.5 Å². The molecule has 0 saturated carbocycles. The fraction of sp³-hybridized carbons (Fsp3) is 0.440. The van der Waals surface area contributed by atoms with Crippen LogP contribution in [0.3, 0.4) is 0 Å². The molecular formula is C25H29ClF2N6O4. The number of halogens is 3. The summed E-state index contributed by atoms with van der Waals surface area (Å²) in [5.74, 6) is 0.166. The van der Waals surface area contributed by atoms with Crippen molar-refractivity contribution in [1.29, 1.82) is 0 Å². The van der Waals surface area contributed by atoms with Crippen LogP contribution in [0.2, 0.25) is 5.15 Å². The van der Waals surface area contributed by atoms with Crippen LogP contribution in [-0.2, 0) is 20.7 Å². The molecule has 1 aromatic carbocycles. The van der Waals surface area contributed by atoms with Crippen molar-refractivity contribution in [3.8, 4) is 17.1 Å². The number of nitrogen functional groups attached to an aromatic ring is 1. The van der Waals surface area contributed by atoms with Crippen molar-refractivity contribution in [2.24, 2.45) is 0 Å². The Bertz CT molecular complexity index is 1240. The number of nitrogens with zero attached hydrogens (tertiary/aromatic N) is 5. The van der Waals surface area contributed by atoms with E-state index in [0.717, 1.165) is 5.56 Å². The van der Waals surface area contributed by atoms with Gasteiger partial charge in [-0.15, -0.1) is 0 Å². The number of ether oxygens (including phenoxy) is 3. The van der Waals surface area contributed by atoms with Crippen LogP contribution in [-0.4, -0.2) is 75.7 Å². The molecule has 0 radical (unpaired) electrons. The summed E-state index contributed by atoms with van der Waals surface area (Å²) in [7, 11) is 0. The molecule has 2 aromatic heterocycles. The molecule has 1 fully saturated rings. The summed E-state index contributed by atoms with van der Waals surface area (Å²) in [6.45, 7) is 2.88. The minimum absolute atomic E-state index is 0.0764. The summed E-state index contributed by atoms with van der Waals surface area (Å²) in [4.78, 5) is 22.4. The predicted molar refractivity (Wildman–Crippen MR) is 136 cm³/mol. The summed E-state index contributed by atoms with van der Waals surface area (Å²) in [6.07, 6.45) is 1.28. The molecule has 1 aliphatic rings. The molecule has 38 heavy (non-hydrogen) atoms. The lowest BCUT2D eigenvalue weighted by molar-refractivity contribution is -0.160. The highest BCUT2D eigenvalue weighted by Gasteiger charge is 2.31. The number of esters is 1. The first-order valence-electron chi connectivity index (χ1n) is 12.1. The van der Waals surface area contributed by atoms with Crippen molar-refractivity contribution in [2.45, 2.75) is 39.0 Å². The van der Waals surface area contributed by atoms with Crippen molar-refractivity contribution in [3.63, 3.8) is 0 Å². The van der Waals surface area contributed by atoms with Gasteiger partial charge in [0.25, 0.3) is 0 Å². The SMILES string of the molecule is CC(C)OC(=O)[C@@H]1COCCN1CCOc1ccccc1Cc1cn(C(F)F)nc1-c1cc(Cl)nc(N)n1. The van der Waals surface area contributed by atoms with E-state index >= 15 is 0 Å². The Morgan fingerprint density at radius 1 is 1.26 bits per heavy atom. The lowest BCUT2D eigenvalue weighted by atomic mass is 10.0. The molecule has 0 spiro atoms. The molecule has 3 aromatic rings. The van der Waals surface area contributed by atoms with Gasteiger partial charge in [0.2, 0.25) is 5.95 Å². The van der Waals surface area contributed by atoms with Gasteiger partial charge in [-0.3, -0.25) is 9.69 Å². The van der Waals surface area contributed by atoms with E-state index < -0.39 is 12.6 Å². The van der Waals surface area contributed by atoms with Crippen LogP contribution in [0, 0.1) is 0 Å². The molecule has 4 rings (SSSR count). The van der Waals surface area contributed by atoms with Gasteiger partial charge in [0, 0.05) is 37.3 Å². The zero-order valence-corrected chi connectivity index (χ0v) is 21.8. The first kappa shape index (κ1) is 27.7. The number of rotatable bonds is 10. The molecule has 10 nitrogen and oxygen atoms in total. The average molecular weight is 551 g/mol. The van der Waals surface area contributed by atoms with E-state index in [9.17, 15) is 13.6 Å². The van der Waals surface area contributed by atoms with Crippen LogP contribution in [0.4, 0.5) is 14.7 Å². The Hall–Kier alpha value is -3.35. The Morgan fingerprint density at radius 3 is 2.79 bits per heavy atom. The summed E-state index contributed by atoms with van der Waals surface area (Å²) in [5, 5.41) is 4.09. The van der Waals surface area contributed by atoms with Gasteiger partial charge in [-0.2, -0.15) is 13.9 Å². The van der Waals surface area contributed by atoms with E-state index in [1.165, 1.54) is 12.3 Å². The second kappa shape index (κ2) is 12.5. The molecule has 204 valence electrons. The number of carbonyl (C=O) groups is 1. The number of hydrogen-bond donors (Lipinski definition) is 1. The highest BCUT2D eigenvalue weighted by molar-refractivity contribution is 6.29. The van der Waals surface area contributed by atoms with Crippen LogP contribution in [0.1, 0.15) is 31.5 Å². The molecule has 1 saturated heterocycles. The molecule has 13 heteroatoms. The summed E-state index contributed by atoms with van der Waals surface area (Å²) in [5.41, 5.74) is 7.41. The topological polar surface area (TPSA) is 118 Å². The second-order valence-corrected chi connectivity index (χ2v) is 9.33. The standard InChI is InChI=1S/C25H29ClF2N6O4/c1-15(2)38-23(35)19-14-36-9-7-33(19)8-10-37-20-6-4-3-5-16(20)11-17-13-34(24(27)28)32-22(17)18-12-21(26)31-25(29)30-18/h3-6,12-13,15,19,24H,7-11,14H2,1-2H3,(H2,29,30,31)/t19-/m0/s1. The zero-order chi connectivity index (χ0) is 27.2. The van der Waals surface area contributed by atoms with Gasteiger partial charge in [0.15, 0.2) is 0 Å². The molecule has 0 aliphatic carbocycles. The zero-order valence-electron chi connectivity index (χ0n) is 21.0. The molecule has 0 bridgehead atoms. The van der Waals surface area contributed by atoms with Crippen molar-refractivity contribution >= 4 is 23.5 Å². The minimum atomic E-state index is -2.84. The maximum absolute atomic E-state index is 13.5. The van der Waals surface area contributed by atoms with Crippen molar-refractivity contribution < 1.29 is 27.8 Å². The lowest BCUT2D eigenvalue weighted by Crippen LogP contribution is -2.52. The first-order valence-corrected chi connectivity index (χ1v) is 12.5. The van der Waals surface area contributed by atoms with Crippen LogP contribution in [0.5, 0.6) is 5.75 Å². The van der Waals surface area contributed by atoms with Crippen LogP contribution in [0.25, 0.3) is 11.4 Å². The number of para-hydroxylation sites is 1. The van der Waals surface area contributed by atoms with Crippen molar-refractivity contribution in [3.05, 3.63) is 52.8 Å². The normalized spacial score (nSPS) is 16.2. The Morgan fingerprint density at radius 2 is 2.05 bits per heavy atom. The van der Waals surface area contributed by atoms with Gasteiger partial charge in [-0.1, -0.05) is 29.8 Å². The number of aromatic nitrogens is 4. The number of nitrogens with two attached hydrogens (primary N) is 1. The molecule has 1 aliphatic heterocycles. The third kappa shape index (κ3) is 6.94. The highest BCUT2D eigenvalue weighted by atomic mass is 35.5. The maximum atomic E-state index is 13.5. The minimum Gasteiger partial charge on any atom is -0.492 e. The number of carbonyl (C=O) groups excluding carboxylic acids is 1. The van der Waals surface area contributed by atoms with E-state index in [1.807, 2.05) is 23.1 Å². The smallest absolute Gasteiger partial charge is 0.333 e. The fourth-order valence-corrected chi connectivity index (χ4v) is 4.32. The van der Waals surface area contributed by atoms with Crippen molar-refractivity contribution in [2.75, 3.05) is 38.6 Å². The van der Waals surface area contributed by atoms with Crippen LogP contribution < -0.4 is 10.5 Å². The van der Waals surface area contributed by atoms with E-state index in [1.54, 1.807) is 19.9 Å². The fourth-order valence-electron chi connectivity index (χ4n) is 4.13. The summed E-state index contributed by atoms with van der Waals surface area (Å²) >= 11 is 6.01. The largest absolute Gasteiger partial charge is 0.492 e. The third-order valence-electron chi connectivity index (χ3n) is 5.82. The Balaban J connectivity index is 1.50. The van der Waals surface area contributed by atoms with Gasteiger partial charge >= 0.3 is 12.5 Å². The predicted octanol–water partition coefficient (Wildman–Crippen LogP) is 3.59. The van der Waals surface area contributed by atoms with Gasteiger partial charge in [0.1, 0.15) is 29.2 Å². The van der Waals surface area contributed by atoms with Gasteiger partial charge < -0.3 is 19.9 Å². The van der Waals surface area contributed by atoms with E-state index in [-0.39, 0.29) is 47.6 Å². The monoisotopic (exact) mass is 550 g/mol. The number of benzene rings is 1. The highest BCUT2D eigenvalue weighted by Crippen LogP contribution is 2.29. The maximum Gasteiger partial charge on any atom is 0.333 e. The quantitative estimate of drug-likeness (QED) is 0.298. The number of alkyl halides is 2. The Kier molecular flexibility index (Phi) is 9.08. The number of hydrogen-bond acceptors (Lipinski definition) is 9. The number of anilines is 1. The summed E-state index contributed by atoms with van der Waals surface area (Å²) in [6, 6.07) is 8.22. The molecule has 1 atom stereocenters. The molecule has 3 heterocycles. The van der Waals surface area contributed by atoms with Gasteiger partial charge in [0.05, 0.1) is 25.0 Å². The summed E-state index contributed by atoms with van der Waals surface area (Å²) < 4.78 is 44.5. The van der Waals surface area contributed by atoms with E-state index in [4.69, 9.17) is 31.5 Å². The second-order valence-electron chi connectivity index (χ2n) is 8.94. The van der Waals surface area contributed by atoms with Crippen molar-refractivity contribution in [1.82, 2.24) is 24.6 Å². The number of morpholine rings is 1. The third-order valence-corrected chi connectivity index (χ3v) is 6.01. The molecular weight excluding hydrogens is 522 g/mol. The molecule has 2 N–H and O–H groups in total. The molecule has 0 unspecified atom stereocenters. The Labute approximate surface area is 223 Å². The van der Waals surface area contributed by atoms with Gasteiger partial charge in [-0.25, -0.2) is 14.6 Å². The van der Waals surface area contributed by atoms with Crippen LogP contribution >= 0.6 is 11.6 Å². The first-order chi connectivity index (χ1) is 18.2. The lowest BCUT2D eigenvalue weighted by Gasteiger charge is -2.34.